The molecule has 0 bridgehead atoms. The Balaban J connectivity index is 3.36. The van der Waals surface area contributed by atoms with Crippen LogP contribution in [0, 0.1) is 15.0 Å². The lowest BCUT2D eigenvalue weighted by Gasteiger charge is -2.03. The van der Waals surface area contributed by atoms with Crippen molar-refractivity contribution in [1.29, 1.82) is 5.26 Å². The summed E-state index contributed by atoms with van der Waals surface area (Å²) in [7, 11) is 0. The van der Waals surface area contributed by atoms with Gasteiger partial charge in [0.1, 0.15) is 0 Å². The maximum Gasteiger partial charge on any atom is 0.270 e. The first kappa shape index (κ1) is 11.1. The number of nitriles is 1. The number of aromatic amines is 1. The van der Waals surface area contributed by atoms with Crippen molar-refractivity contribution in [3.63, 3.8) is 0 Å². The van der Waals surface area contributed by atoms with Gasteiger partial charge in [-0.2, -0.15) is 5.26 Å². The molecule has 0 saturated heterocycles. The summed E-state index contributed by atoms with van der Waals surface area (Å²) < 4.78 is 24.9. The Morgan fingerprint density at radius 2 is 2.29 bits per heavy atom. The zero-order chi connectivity index (χ0) is 10.7. The number of hydrogen-bond donors (Lipinski definition) is 1. The molecule has 1 rings (SSSR count). The highest BCUT2D eigenvalue weighted by atomic mass is 127. The molecule has 1 N–H and O–H groups in total. The molecule has 6 heteroatoms. The van der Waals surface area contributed by atoms with Crippen LogP contribution in [0.1, 0.15) is 17.6 Å². The van der Waals surface area contributed by atoms with Crippen molar-refractivity contribution in [2.24, 2.45) is 0 Å². The van der Waals surface area contributed by atoms with E-state index in [0.717, 1.165) is 0 Å². The number of nitrogens with one attached hydrogen (secondary N) is 1. The number of nitrogens with zero attached hydrogens (tertiary/aromatic N) is 1. The van der Waals surface area contributed by atoms with Gasteiger partial charge in [-0.05, 0) is 22.6 Å². The molecule has 0 aliphatic carbocycles. The summed E-state index contributed by atoms with van der Waals surface area (Å²) in [5, 5.41) is 8.35. The second kappa shape index (κ2) is 4.50. The number of H-pyrrole nitrogens is 1. The van der Waals surface area contributed by atoms with Gasteiger partial charge in [0, 0.05) is 11.8 Å². The molecule has 0 atom stereocenters. The Labute approximate surface area is 91.9 Å². The fourth-order valence-electron chi connectivity index (χ4n) is 0.978. The van der Waals surface area contributed by atoms with E-state index in [0.29, 0.717) is 0 Å². The summed E-state index contributed by atoms with van der Waals surface area (Å²) in [5.41, 5.74) is -1.23. The minimum atomic E-state index is -2.82. The van der Waals surface area contributed by atoms with Crippen LogP contribution in [0.15, 0.2) is 11.0 Å². The lowest BCUT2D eigenvalue weighted by Crippen LogP contribution is -2.17. The third-order valence-electron chi connectivity index (χ3n) is 1.63. The predicted octanol–water partition coefficient (Wildman–Crippen LogP) is 1.98. The van der Waals surface area contributed by atoms with Crippen LogP contribution in [0.25, 0.3) is 0 Å². The van der Waals surface area contributed by atoms with Crippen LogP contribution in [0.4, 0.5) is 8.78 Å². The van der Waals surface area contributed by atoms with E-state index in [2.05, 4.69) is 4.98 Å². The van der Waals surface area contributed by atoms with Gasteiger partial charge in [0.2, 0.25) is 0 Å². The second-order valence-corrected chi connectivity index (χ2v) is 3.59. The van der Waals surface area contributed by atoms with Crippen LogP contribution >= 0.6 is 22.6 Å². The zero-order valence-corrected chi connectivity index (χ0v) is 9.01. The fourth-order valence-corrected chi connectivity index (χ4v) is 1.61. The van der Waals surface area contributed by atoms with E-state index in [1.807, 2.05) is 0 Å². The fraction of sp³-hybridized carbons (Fsp3) is 0.250. The quantitative estimate of drug-likeness (QED) is 0.671. The molecule has 0 amide bonds. The molecule has 1 heterocycles. The summed E-state index contributed by atoms with van der Waals surface area (Å²) in [4.78, 5) is 13.9. The van der Waals surface area contributed by atoms with Crippen LogP contribution in [-0.4, -0.2) is 4.98 Å². The highest BCUT2D eigenvalue weighted by molar-refractivity contribution is 14.1. The molecular weight excluding hydrogens is 305 g/mol. The molecule has 74 valence electrons. The molecule has 0 spiro atoms. The highest BCUT2D eigenvalue weighted by Crippen LogP contribution is 2.19. The molecule has 14 heavy (non-hydrogen) atoms. The topological polar surface area (TPSA) is 56.6 Å². The number of aromatic nitrogens is 1. The lowest BCUT2D eigenvalue weighted by atomic mass is 10.1. The van der Waals surface area contributed by atoms with Crippen molar-refractivity contribution in [2.75, 3.05) is 0 Å². The van der Waals surface area contributed by atoms with E-state index in [4.69, 9.17) is 5.26 Å². The zero-order valence-electron chi connectivity index (χ0n) is 6.85. The third-order valence-corrected chi connectivity index (χ3v) is 2.53. The van der Waals surface area contributed by atoms with E-state index in [9.17, 15) is 13.6 Å². The molecule has 1 aromatic heterocycles. The van der Waals surface area contributed by atoms with Crippen molar-refractivity contribution in [3.05, 3.63) is 31.2 Å². The SMILES string of the molecule is N#CCc1c[nH]c(I)c(C(F)F)c1=O. The maximum absolute atomic E-state index is 12.4. The van der Waals surface area contributed by atoms with Gasteiger partial charge < -0.3 is 4.98 Å². The second-order valence-electron chi connectivity index (χ2n) is 2.51. The number of rotatable bonds is 2. The summed E-state index contributed by atoms with van der Waals surface area (Å²) in [6.07, 6.45) is -1.69. The van der Waals surface area contributed by atoms with Crippen molar-refractivity contribution in [3.8, 4) is 6.07 Å². The minimum absolute atomic E-state index is 0.0724. The summed E-state index contributed by atoms with van der Waals surface area (Å²) >= 11 is 1.63. The molecular formula is C8H5F2IN2O. The van der Waals surface area contributed by atoms with E-state index < -0.39 is 17.4 Å². The summed E-state index contributed by atoms with van der Waals surface area (Å²) in [6.45, 7) is 0. The van der Waals surface area contributed by atoms with Crippen LogP contribution in [-0.2, 0) is 6.42 Å². The summed E-state index contributed by atoms with van der Waals surface area (Å²) in [6, 6.07) is 1.74. The molecule has 0 saturated carbocycles. The Morgan fingerprint density at radius 3 is 2.79 bits per heavy atom. The Kier molecular flexibility index (Phi) is 3.57. The van der Waals surface area contributed by atoms with Gasteiger partial charge in [-0.3, -0.25) is 4.79 Å². The Bertz CT molecular complexity index is 436. The number of alkyl halides is 2. The Hall–Kier alpha value is -0.970. The molecule has 0 fully saturated rings. The average Bonchev–Trinajstić information content (AvgIpc) is 2.10. The molecule has 0 aliphatic rings. The molecule has 0 unspecified atom stereocenters. The number of pyridine rings is 1. The number of halogens is 3. The highest BCUT2D eigenvalue weighted by Gasteiger charge is 2.18. The van der Waals surface area contributed by atoms with Crippen LogP contribution in [0.2, 0.25) is 0 Å². The average molecular weight is 310 g/mol. The molecule has 3 nitrogen and oxygen atoms in total. The van der Waals surface area contributed by atoms with Gasteiger partial charge in [-0.15, -0.1) is 0 Å². The minimum Gasteiger partial charge on any atom is -0.356 e. The Morgan fingerprint density at radius 1 is 1.64 bits per heavy atom. The monoisotopic (exact) mass is 310 g/mol. The van der Waals surface area contributed by atoms with E-state index in [1.54, 1.807) is 28.7 Å². The van der Waals surface area contributed by atoms with Crippen LogP contribution in [0.3, 0.4) is 0 Å². The summed E-state index contributed by atoms with van der Waals surface area (Å²) in [5.74, 6) is 0. The maximum atomic E-state index is 12.4. The first-order valence-electron chi connectivity index (χ1n) is 3.63. The first-order chi connectivity index (χ1) is 6.57. The van der Waals surface area contributed by atoms with Crippen molar-refractivity contribution in [1.82, 2.24) is 4.98 Å². The lowest BCUT2D eigenvalue weighted by molar-refractivity contribution is 0.148. The molecule has 0 radical (unpaired) electrons. The van der Waals surface area contributed by atoms with Gasteiger partial charge in [-0.1, -0.05) is 0 Å². The number of hydrogen-bond acceptors (Lipinski definition) is 2. The van der Waals surface area contributed by atoms with E-state index in [1.165, 1.54) is 6.20 Å². The van der Waals surface area contributed by atoms with Gasteiger partial charge in [0.05, 0.1) is 21.8 Å². The van der Waals surface area contributed by atoms with Gasteiger partial charge >= 0.3 is 0 Å². The van der Waals surface area contributed by atoms with Gasteiger partial charge in [0.15, 0.2) is 5.43 Å². The standard InChI is InChI=1S/C8H5F2IN2O/c9-7(10)5-6(14)4(1-2-12)3-13-8(5)11/h3,7H,1H2,(H,13,14). The third kappa shape index (κ3) is 2.09. The van der Waals surface area contributed by atoms with E-state index in [-0.39, 0.29) is 15.7 Å². The molecule has 0 aliphatic heterocycles. The first-order valence-corrected chi connectivity index (χ1v) is 4.71. The van der Waals surface area contributed by atoms with Crippen molar-refractivity contribution >= 4 is 22.6 Å². The van der Waals surface area contributed by atoms with Gasteiger partial charge in [-0.25, -0.2) is 8.78 Å². The smallest absolute Gasteiger partial charge is 0.270 e. The van der Waals surface area contributed by atoms with Crippen LogP contribution < -0.4 is 5.43 Å². The van der Waals surface area contributed by atoms with Crippen molar-refractivity contribution in [2.45, 2.75) is 12.8 Å². The largest absolute Gasteiger partial charge is 0.356 e. The van der Waals surface area contributed by atoms with Crippen molar-refractivity contribution < 1.29 is 8.78 Å². The normalized spacial score (nSPS) is 10.2. The molecule has 1 aromatic rings. The predicted molar refractivity (Wildman–Crippen MR) is 54.1 cm³/mol. The van der Waals surface area contributed by atoms with Gasteiger partial charge in [0.25, 0.3) is 6.43 Å². The molecule has 0 aromatic carbocycles. The van der Waals surface area contributed by atoms with Crippen LogP contribution in [0.5, 0.6) is 0 Å². The van der Waals surface area contributed by atoms with E-state index >= 15 is 0 Å².